The van der Waals surface area contributed by atoms with Crippen molar-refractivity contribution in [1.82, 2.24) is 9.97 Å². The minimum atomic E-state index is -4.94. The zero-order valence-corrected chi connectivity index (χ0v) is 14.4. The van der Waals surface area contributed by atoms with E-state index in [2.05, 4.69) is 14.7 Å². The second-order valence-corrected chi connectivity index (χ2v) is 5.88. The van der Waals surface area contributed by atoms with E-state index in [-0.39, 0.29) is 10.8 Å². The van der Waals surface area contributed by atoms with Crippen molar-refractivity contribution in [2.75, 3.05) is 0 Å². The summed E-state index contributed by atoms with van der Waals surface area (Å²) < 4.78 is 97.8. The average Bonchev–Trinajstić information content (AvgIpc) is 2.60. The van der Waals surface area contributed by atoms with Crippen molar-refractivity contribution in [1.29, 1.82) is 0 Å². The van der Waals surface area contributed by atoms with Gasteiger partial charge in [-0.3, -0.25) is 0 Å². The number of rotatable bonds is 3. The molecule has 0 saturated carbocycles. The lowest BCUT2D eigenvalue weighted by atomic mass is 10.0. The van der Waals surface area contributed by atoms with E-state index in [9.17, 15) is 30.7 Å². The van der Waals surface area contributed by atoms with Gasteiger partial charge in [-0.2, -0.15) is 22.0 Å². The molecule has 0 aliphatic rings. The van der Waals surface area contributed by atoms with Crippen molar-refractivity contribution >= 4 is 10.8 Å². The second-order valence-electron chi connectivity index (χ2n) is 5.88. The smallest absolute Gasteiger partial charge is 0.427 e. The summed E-state index contributed by atoms with van der Waals surface area (Å²) >= 11 is 0. The average molecular weight is 414 g/mol. The Balaban J connectivity index is 1.98. The van der Waals surface area contributed by atoms with Crippen LogP contribution in [0, 0.1) is 30.4 Å². The second kappa shape index (κ2) is 7.24. The standard InChI is InChI=1S/C19H9F7N2O/c1-10-8-27-17(28-9-10)19(25,26)29-12-2-3-13-11(6-12)7-15(20)14(16(13)21)4-5-18(22,23)24/h2-3,6-9H,1H3. The van der Waals surface area contributed by atoms with Gasteiger partial charge in [-0.25, -0.2) is 18.7 Å². The topological polar surface area (TPSA) is 35.0 Å². The molecule has 1 heterocycles. The first-order valence-corrected chi connectivity index (χ1v) is 7.84. The summed E-state index contributed by atoms with van der Waals surface area (Å²) in [6.45, 7) is 1.60. The van der Waals surface area contributed by atoms with Gasteiger partial charge in [0.2, 0.25) is 5.82 Å². The summed E-state index contributed by atoms with van der Waals surface area (Å²) in [5.41, 5.74) is -0.535. The van der Waals surface area contributed by atoms with Crippen LogP contribution in [0.1, 0.15) is 17.0 Å². The molecule has 0 amide bonds. The molecule has 150 valence electrons. The number of hydrogen-bond acceptors (Lipinski definition) is 3. The largest absolute Gasteiger partial charge is 0.462 e. The summed E-state index contributed by atoms with van der Waals surface area (Å²) in [6.07, 6.45) is -6.55. The van der Waals surface area contributed by atoms with Crippen molar-refractivity contribution in [3.63, 3.8) is 0 Å². The van der Waals surface area contributed by atoms with Gasteiger partial charge >= 0.3 is 12.3 Å². The van der Waals surface area contributed by atoms with Crippen LogP contribution < -0.4 is 4.74 Å². The quantitative estimate of drug-likeness (QED) is 0.433. The Labute approximate surface area is 159 Å². The molecule has 0 unspecified atom stereocenters. The third-order valence-electron chi connectivity index (χ3n) is 3.62. The number of ether oxygens (including phenoxy) is 1. The summed E-state index contributed by atoms with van der Waals surface area (Å²) in [5, 5.41) is -0.532. The monoisotopic (exact) mass is 414 g/mol. The molecule has 0 radical (unpaired) electrons. The predicted octanol–water partition coefficient (Wildman–Crippen LogP) is 5.26. The molecule has 0 aliphatic carbocycles. The van der Waals surface area contributed by atoms with E-state index in [1.807, 2.05) is 0 Å². The third-order valence-corrected chi connectivity index (χ3v) is 3.62. The van der Waals surface area contributed by atoms with E-state index in [0.717, 1.165) is 36.5 Å². The first kappa shape index (κ1) is 20.4. The first-order chi connectivity index (χ1) is 13.5. The van der Waals surface area contributed by atoms with Gasteiger partial charge in [0.25, 0.3) is 0 Å². The first-order valence-electron chi connectivity index (χ1n) is 7.84. The molecule has 2 aromatic carbocycles. The van der Waals surface area contributed by atoms with Crippen LogP contribution in [-0.2, 0) is 6.11 Å². The Hall–Kier alpha value is -3.35. The Morgan fingerprint density at radius 1 is 0.966 bits per heavy atom. The maximum absolute atomic E-state index is 14.4. The molecule has 29 heavy (non-hydrogen) atoms. The number of benzene rings is 2. The molecule has 0 N–H and O–H groups in total. The fourth-order valence-corrected chi connectivity index (χ4v) is 2.36. The number of fused-ring (bicyclic) bond motifs is 1. The van der Waals surface area contributed by atoms with Crippen LogP contribution >= 0.6 is 0 Å². The fourth-order valence-electron chi connectivity index (χ4n) is 2.36. The summed E-state index contributed by atoms with van der Waals surface area (Å²) in [5.74, 6) is -1.92. The van der Waals surface area contributed by atoms with E-state index < -0.39 is 41.1 Å². The van der Waals surface area contributed by atoms with Gasteiger partial charge in [0.1, 0.15) is 17.4 Å². The Kier molecular flexibility index (Phi) is 5.09. The highest BCUT2D eigenvalue weighted by molar-refractivity contribution is 5.86. The summed E-state index contributed by atoms with van der Waals surface area (Å²) in [4.78, 5) is 6.95. The maximum Gasteiger partial charge on any atom is 0.462 e. The Bertz CT molecular complexity index is 1130. The lowest BCUT2D eigenvalue weighted by Crippen LogP contribution is -2.24. The molecule has 3 aromatic rings. The number of aromatic nitrogens is 2. The number of halogens is 7. The SMILES string of the molecule is Cc1cnc(C(F)(F)Oc2ccc3c(F)c(C#CC(F)(F)F)c(F)cc3c2)nc1. The normalized spacial score (nSPS) is 11.9. The Morgan fingerprint density at radius 3 is 2.24 bits per heavy atom. The molecule has 0 aliphatic heterocycles. The van der Waals surface area contributed by atoms with Crippen LogP contribution in [0.5, 0.6) is 5.75 Å². The van der Waals surface area contributed by atoms with Gasteiger partial charge < -0.3 is 4.74 Å². The zero-order valence-electron chi connectivity index (χ0n) is 14.4. The molecule has 10 heteroatoms. The van der Waals surface area contributed by atoms with Crippen molar-refractivity contribution in [3.05, 3.63) is 65.2 Å². The zero-order chi connectivity index (χ0) is 21.4. The number of aryl methyl sites for hydroxylation is 1. The molecule has 1 aromatic heterocycles. The van der Waals surface area contributed by atoms with Crippen LogP contribution in [0.3, 0.4) is 0 Å². The maximum atomic E-state index is 14.4. The van der Waals surface area contributed by atoms with Gasteiger partial charge in [0.15, 0.2) is 0 Å². The van der Waals surface area contributed by atoms with Crippen LogP contribution in [0.15, 0.2) is 36.7 Å². The number of nitrogens with zero attached hydrogens (tertiary/aromatic N) is 2. The number of hydrogen-bond donors (Lipinski definition) is 0. The van der Waals surface area contributed by atoms with Crippen LogP contribution in [0.25, 0.3) is 10.8 Å². The lowest BCUT2D eigenvalue weighted by Gasteiger charge is -2.17. The molecule has 0 spiro atoms. The molecule has 3 rings (SSSR count). The van der Waals surface area contributed by atoms with Gasteiger partial charge in [-0.1, -0.05) is 5.92 Å². The highest BCUT2D eigenvalue weighted by atomic mass is 19.4. The fraction of sp³-hybridized carbons (Fsp3) is 0.158. The third kappa shape index (κ3) is 4.56. The van der Waals surface area contributed by atoms with E-state index in [1.165, 1.54) is 5.92 Å². The van der Waals surface area contributed by atoms with Gasteiger partial charge in [0.05, 0.1) is 5.56 Å². The molecule has 3 nitrogen and oxygen atoms in total. The van der Waals surface area contributed by atoms with E-state index in [0.29, 0.717) is 11.6 Å². The number of alkyl halides is 5. The highest BCUT2D eigenvalue weighted by Crippen LogP contribution is 2.33. The minimum absolute atomic E-state index is 0.212. The van der Waals surface area contributed by atoms with Crippen molar-refractivity contribution in [2.45, 2.75) is 19.2 Å². The predicted molar refractivity (Wildman–Crippen MR) is 88.1 cm³/mol. The summed E-state index contributed by atoms with van der Waals surface area (Å²) in [7, 11) is 0. The van der Waals surface area contributed by atoms with Crippen LogP contribution in [-0.4, -0.2) is 16.1 Å². The van der Waals surface area contributed by atoms with Crippen molar-refractivity contribution in [3.8, 4) is 17.6 Å². The highest BCUT2D eigenvalue weighted by Gasteiger charge is 2.38. The van der Waals surface area contributed by atoms with Gasteiger partial charge in [0, 0.05) is 23.7 Å². The van der Waals surface area contributed by atoms with Crippen LogP contribution in [0.4, 0.5) is 30.7 Å². The van der Waals surface area contributed by atoms with Crippen LogP contribution in [0.2, 0.25) is 0 Å². The molecule has 0 fully saturated rings. The molecule has 0 bridgehead atoms. The van der Waals surface area contributed by atoms with E-state index in [4.69, 9.17) is 0 Å². The molecular weight excluding hydrogens is 405 g/mol. The van der Waals surface area contributed by atoms with E-state index >= 15 is 0 Å². The molecular formula is C19H9F7N2O. The van der Waals surface area contributed by atoms with Crippen molar-refractivity contribution in [2.24, 2.45) is 0 Å². The minimum Gasteiger partial charge on any atom is -0.427 e. The Morgan fingerprint density at radius 2 is 1.62 bits per heavy atom. The van der Waals surface area contributed by atoms with E-state index in [1.54, 1.807) is 6.92 Å². The van der Waals surface area contributed by atoms with Gasteiger partial charge in [-0.15, -0.1) is 0 Å². The van der Waals surface area contributed by atoms with Gasteiger partial charge in [-0.05, 0) is 42.1 Å². The summed E-state index contributed by atoms with van der Waals surface area (Å²) in [6, 6.07) is 3.49. The molecule has 0 atom stereocenters. The van der Waals surface area contributed by atoms with Crippen molar-refractivity contribution < 1.29 is 35.5 Å². The molecule has 0 saturated heterocycles. The lowest BCUT2D eigenvalue weighted by molar-refractivity contribution is -0.191.